The van der Waals surface area contributed by atoms with E-state index in [9.17, 15) is 14.3 Å². The highest BCUT2D eigenvalue weighted by atomic mass is 19.1. The average Bonchev–Trinajstić information content (AvgIpc) is 2.26. The van der Waals surface area contributed by atoms with Gasteiger partial charge in [0.25, 0.3) is 0 Å². The molecule has 0 saturated heterocycles. The number of anilines is 1. The molecule has 0 heterocycles. The normalized spacial score (nSPS) is 23.0. The first kappa shape index (κ1) is 12.0. The van der Waals surface area contributed by atoms with Crippen LogP contribution < -0.4 is 4.90 Å². The fourth-order valence-corrected chi connectivity index (χ4v) is 2.23. The van der Waals surface area contributed by atoms with Gasteiger partial charge in [0, 0.05) is 24.8 Å². The molecule has 0 amide bonds. The van der Waals surface area contributed by atoms with Crippen LogP contribution in [0.5, 0.6) is 0 Å². The highest BCUT2D eigenvalue weighted by Gasteiger charge is 2.28. The average molecular weight is 237 g/mol. The molecule has 0 aliphatic heterocycles. The van der Waals surface area contributed by atoms with E-state index in [1.165, 1.54) is 12.1 Å². The quantitative estimate of drug-likeness (QED) is 0.812. The van der Waals surface area contributed by atoms with Gasteiger partial charge in [-0.05, 0) is 37.0 Å². The number of hydrogen-bond donors (Lipinski definition) is 1. The van der Waals surface area contributed by atoms with E-state index >= 15 is 0 Å². The van der Waals surface area contributed by atoms with Gasteiger partial charge in [-0.1, -0.05) is 0 Å². The number of benzene rings is 1. The Kier molecular flexibility index (Phi) is 3.43. The molecule has 1 N–H and O–H groups in total. The van der Waals surface area contributed by atoms with Gasteiger partial charge >= 0.3 is 0 Å². The number of aldehydes is 1. The van der Waals surface area contributed by atoms with Crippen molar-refractivity contribution in [3.8, 4) is 0 Å². The zero-order valence-electron chi connectivity index (χ0n) is 9.77. The molecular formula is C13H16FNO2. The molecule has 1 aliphatic carbocycles. The van der Waals surface area contributed by atoms with E-state index in [1.807, 2.05) is 11.9 Å². The maximum atomic E-state index is 13.2. The summed E-state index contributed by atoms with van der Waals surface area (Å²) < 4.78 is 13.2. The van der Waals surface area contributed by atoms with E-state index in [-0.39, 0.29) is 6.10 Å². The number of aliphatic hydroxyl groups excluding tert-OH is 1. The minimum absolute atomic E-state index is 0.175. The molecule has 1 aliphatic rings. The van der Waals surface area contributed by atoms with Crippen LogP contribution in [0.25, 0.3) is 0 Å². The van der Waals surface area contributed by atoms with Crippen LogP contribution in [0.15, 0.2) is 18.2 Å². The summed E-state index contributed by atoms with van der Waals surface area (Å²) in [5.41, 5.74) is 1.05. The number of nitrogens with zero attached hydrogens (tertiary/aromatic N) is 1. The SMILES string of the molecule is CN(CC1CC(O)C1)c1cc(F)cc(C=O)c1. The standard InChI is InChI=1S/C13H16FNO2/c1-15(7-9-4-13(17)5-9)12-3-10(8-16)2-11(14)6-12/h2-3,6,8-9,13,17H,4-5,7H2,1H3. The lowest BCUT2D eigenvalue weighted by molar-refractivity contribution is 0.0465. The maximum Gasteiger partial charge on any atom is 0.150 e. The van der Waals surface area contributed by atoms with Crippen molar-refractivity contribution in [3.63, 3.8) is 0 Å². The van der Waals surface area contributed by atoms with Crippen molar-refractivity contribution < 1.29 is 14.3 Å². The van der Waals surface area contributed by atoms with Crippen molar-refractivity contribution in [1.29, 1.82) is 0 Å². The minimum atomic E-state index is -0.398. The third-order valence-electron chi connectivity index (χ3n) is 3.22. The van der Waals surface area contributed by atoms with E-state index in [0.717, 1.165) is 19.4 Å². The predicted molar refractivity (Wildman–Crippen MR) is 63.8 cm³/mol. The zero-order valence-corrected chi connectivity index (χ0v) is 9.77. The number of rotatable bonds is 4. The summed E-state index contributed by atoms with van der Waals surface area (Å²) in [6.07, 6.45) is 2.08. The van der Waals surface area contributed by atoms with Gasteiger partial charge in [0.05, 0.1) is 6.10 Å². The largest absolute Gasteiger partial charge is 0.393 e. The molecule has 1 aromatic rings. The summed E-state index contributed by atoms with van der Waals surface area (Å²) in [5, 5.41) is 9.20. The first-order valence-electron chi connectivity index (χ1n) is 5.73. The summed E-state index contributed by atoms with van der Waals surface area (Å²) in [7, 11) is 1.87. The Balaban J connectivity index is 2.05. The molecule has 0 aromatic heterocycles. The van der Waals surface area contributed by atoms with Crippen LogP contribution in [0.3, 0.4) is 0 Å². The van der Waals surface area contributed by atoms with Crippen molar-refractivity contribution in [2.24, 2.45) is 5.92 Å². The second-order valence-electron chi connectivity index (χ2n) is 4.73. The zero-order chi connectivity index (χ0) is 12.4. The predicted octanol–water partition coefficient (Wildman–Crippen LogP) is 1.85. The topological polar surface area (TPSA) is 40.5 Å². The van der Waals surface area contributed by atoms with Gasteiger partial charge in [-0.3, -0.25) is 4.79 Å². The monoisotopic (exact) mass is 237 g/mol. The Hall–Kier alpha value is -1.42. The first-order chi connectivity index (χ1) is 8.08. The summed E-state index contributed by atoms with van der Waals surface area (Å²) in [6.45, 7) is 0.777. The summed E-state index contributed by atoms with van der Waals surface area (Å²) in [6, 6.07) is 4.31. The fourth-order valence-electron chi connectivity index (χ4n) is 2.23. The molecule has 92 valence electrons. The van der Waals surface area contributed by atoms with Crippen LogP contribution in [0, 0.1) is 11.7 Å². The number of aliphatic hydroxyl groups is 1. The Morgan fingerprint density at radius 2 is 2.18 bits per heavy atom. The lowest BCUT2D eigenvalue weighted by Crippen LogP contribution is -2.37. The summed E-state index contributed by atoms with van der Waals surface area (Å²) >= 11 is 0. The van der Waals surface area contributed by atoms with Gasteiger partial charge in [-0.15, -0.1) is 0 Å². The van der Waals surface area contributed by atoms with Gasteiger partial charge in [-0.25, -0.2) is 4.39 Å². The lowest BCUT2D eigenvalue weighted by Gasteiger charge is -2.35. The Morgan fingerprint density at radius 1 is 1.47 bits per heavy atom. The van der Waals surface area contributed by atoms with Crippen molar-refractivity contribution in [2.45, 2.75) is 18.9 Å². The van der Waals surface area contributed by atoms with Crippen molar-refractivity contribution >= 4 is 12.0 Å². The second-order valence-corrected chi connectivity index (χ2v) is 4.73. The number of halogens is 1. The molecule has 3 nitrogen and oxygen atoms in total. The van der Waals surface area contributed by atoms with E-state index in [0.29, 0.717) is 23.5 Å². The van der Waals surface area contributed by atoms with Gasteiger partial charge in [0.1, 0.15) is 12.1 Å². The van der Waals surface area contributed by atoms with Crippen LogP contribution in [0.4, 0.5) is 10.1 Å². The Bertz CT molecular complexity index is 416. The Labute approximate surface area is 99.9 Å². The molecule has 0 spiro atoms. The Morgan fingerprint density at radius 3 is 2.76 bits per heavy atom. The van der Waals surface area contributed by atoms with Crippen LogP contribution in [0.1, 0.15) is 23.2 Å². The highest BCUT2D eigenvalue weighted by molar-refractivity contribution is 5.77. The van der Waals surface area contributed by atoms with Gasteiger partial charge in [-0.2, -0.15) is 0 Å². The minimum Gasteiger partial charge on any atom is -0.393 e. The number of hydrogen-bond acceptors (Lipinski definition) is 3. The van der Waals surface area contributed by atoms with Gasteiger partial charge < -0.3 is 10.0 Å². The highest BCUT2D eigenvalue weighted by Crippen LogP contribution is 2.29. The van der Waals surface area contributed by atoms with E-state index in [4.69, 9.17) is 0 Å². The molecule has 4 heteroatoms. The molecule has 2 rings (SSSR count). The molecule has 0 radical (unpaired) electrons. The smallest absolute Gasteiger partial charge is 0.150 e. The molecule has 1 saturated carbocycles. The van der Waals surface area contributed by atoms with Crippen molar-refractivity contribution in [2.75, 3.05) is 18.5 Å². The summed E-state index contributed by atoms with van der Waals surface area (Å²) in [4.78, 5) is 12.6. The molecule has 0 unspecified atom stereocenters. The molecule has 17 heavy (non-hydrogen) atoms. The maximum absolute atomic E-state index is 13.2. The molecular weight excluding hydrogens is 221 g/mol. The third-order valence-corrected chi connectivity index (χ3v) is 3.22. The van der Waals surface area contributed by atoms with Gasteiger partial charge in [0.15, 0.2) is 0 Å². The van der Waals surface area contributed by atoms with E-state index in [2.05, 4.69) is 0 Å². The van der Waals surface area contributed by atoms with Crippen LogP contribution in [-0.4, -0.2) is 31.1 Å². The van der Waals surface area contributed by atoms with E-state index < -0.39 is 5.82 Å². The number of carbonyl (C=O) groups excluding carboxylic acids is 1. The van der Waals surface area contributed by atoms with Crippen LogP contribution >= 0.6 is 0 Å². The molecule has 0 atom stereocenters. The summed E-state index contributed by atoms with van der Waals surface area (Å²) in [5.74, 6) is 0.0584. The molecule has 1 aromatic carbocycles. The van der Waals surface area contributed by atoms with Crippen LogP contribution in [0.2, 0.25) is 0 Å². The van der Waals surface area contributed by atoms with Crippen molar-refractivity contribution in [3.05, 3.63) is 29.6 Å². The van der Waals surface area contributed by atoms with E-state index in [1.54, 1.807) is 6.07 Å². The molecule has 1 fully saturated rings. The first-order valence-corrected chi connectivity index (χ1v) is 5.73. The fraction of sp³-hybridized carbons (Fsp3) is 0.462. The number of carbonyl (C=O) groups is 1. The lowest BCUT2D eigenvalue weighted by atomic mass is 9.82. The van der Waals surface area contributed by atoms with Gasteiger partial charge in [0.2, 0.25) is 0 Å². The van der Waals surface area contributed by atoms with Crippen molar-refractivity contribution in [1.82, 2.24) is 0 Å². The van der Waals surface area contributed by atoms with Crippen LogP contribution in [-0.2, 0) is 0 Å². The molecule has 0 bridgehead atoms. The third kappa shape index (κ3) is 2.82. The second kappa shape index (κ2) is 4.84.